The number of carbonyl (C=O) groups excluding carboxylic acids is 2. The van der Waals surface area contributed by atoms with Gasteiger partial charge in [0.2, 0.25) is 11.8 Å². The molecule has 1 heterocycles. The van der Waals surface area contributed by atoms with Gasteiger partial charge in [-0.3, -0.25) is 9.59 Å². The van der Waals surface area contributed by atoms with E-state index in [1.807, 2.05) is 0 Å². The van der Waals surface area contributed by atoms with Crippen LogP contribution in [0.25, 0.3) is 6.08 Å². The molecular formula is C31H33ClF3N5O2. The molecule has 3 aromatic carbocycles. The highest BCUT2D eigenvalue weighted by molar-refractivity contribution is 6.31. The molecule has 0 radical (unpaired) electrons. The summed E-state index contributed by atoms with van der Waals surface area (Å²) in [6.45, 7) is 3.32. The number of benzene rings is 3. The lowest BCUT2D eigenvalue weighted by atomic mass is 10.0. The number of hydrogen-bond donors (Lipinski definition) is 4. The van der Waals surface area contributed by atoms with Gasteiger partial charge in [-0.15, -0.1) is 0 Å². The summed E-state index contributed by atoms with van der Waals surface area (Å²) in [7, 11) is 0. The lowest BCUT2D eigenvalue weighted by molar-refractivity contribution is -0.137. The molecule has 1 fully saturated rings. The van der Waals surface area contributed by atoms with E-state index in [0.29, 0.717) is 23.5 Å². The van der Waals surface area contributed by atoms with Crippen LogP contribution in [-0.2, 0) is 15.8 Å². The normalized spacial score (nSPS) is 15.0. The molecule has 0 aliphatic carbocycles. The van der Waals surface area contributed by atoms with Gasteiger partial charge >= 0.3 is 6.18 Å². The monoisotopic (exact) mass is 599 g/mol. The summed E-state index contributed by atoms with van der Waals surface area (Å²) >= 11 is 5.85. The van der Waals surface area contributed by atoms with Crippen LogP contribution in [-0.4, -0.2) is 42.9 Å². The Morgan fingerprint density at radius 1 is 0.976 bits per heavy atom. The highest BCUT2D eigenvalue weighted by atomic mass is 35.5. The minimum absolute atomic E-state index is 0.158. The number of anilines is 3. The van der Waals surface area contributed by atoms with Crippen LogP contribution in [0.2, 0.25) is 5.02 Å². The van der Waals surface area contributed by atoms with Crippen molar-refractivity contribution in [2.75, 3.05) is 42.5 Å². The van der Waals surface area contributed by atoms with E-state index in [1.54, 1.807) is 54.6 Å². The summed E-state index contributed by atoms with van der Waals surface area (Å²) in [4.78, 5) is 28.0. The van der Waals surface area contributed by atoms with Crippen molar-refractivity contribution in [1.29, 1.82) is 0 Å². The number of piperidine rings is 1. The van der Waals surface area contributed by atoms with Crippen LogP contribution >= 0.6 is 11.6 Å². The van der Waals surface area contributed by atoms with E-state index in [0.717, 1.165) is 50.2 Å². The Kier molecular flexibility index (Phi) is 10.6. The number of hydrogen-bond acceptors (Lipinski definition) is 5. The number of nitrogens with two attached hydrogens (primary N) is 1. The molecule has 7 nitrogen and oxygen atoms in total. The van der Waals surface area contributed by atoms with E-state index in [9.17, 15) is 22.8 Å². The summed E-state index contributed by atoms with van der Waals surface area (Å²) in [5, 5.41) is 8.21. The first-order chi connectivity index (χ1) is 20.1. The maximum absolute atomic E-state index is 13.4. The fourth-order valence-corrected chi connectivity index (χ4v) is 4.99. The Bertz CT molecular complexity index is 1410. The standard InChI is InChI=1S/C31H33ClF3N5O2/c32-25-20-23(13-14-24(25)31(33,34)35)38-30(42)29(37-16-19-40-17-4-1-5-18-40)22-11-8-21(9-12-22)10-15-28(41)39-27-7-3-2-6-26(27)36/h2-3,6-15,20,29,37H,1,4-5,16-19,36H2,(H,38,42)(H,39,41). The molecule has 42 heavy (non-hydrogen) atoms. The van der Waals surface area contributed by atoms with Gasteiger partial charge in [0.15, 0.2) is 0 Å². The predicted octanol–water partition coefficient (Wildman–Crippen LogP) is 6.35. The van der Waals surface area contributed by atoms with Crippen LogP contribution in [0.1, 0.15) is 42.0 Å². The molecule has 11 heteroatoms. The molecule has 5 N–H and O–H groups in total. The van der Waals surface area contributed by atoms with Crippen LogP contribution < -0.4 is 21.7 Å². The van der Waals surface area contributed by atoms with E-state index < -0.39 is 28.7 Å². The molecule has 1 aliphatic heterocycles. The first-order valence-electron chi connectivity index (χ1n) is 13.7. The van der Waals surface area contributed by atoms with Gasteiger partial charge in [-0.2, -0.15) is 13.2 Å². The largest absolute Gasteiger partial charge is 0.417 e. The zero-order valence-corrected chi connectivity index (χ0v) is 23.6. The first-order valence-corrected chi connectivity index (χ1v) is 14.0. The van der Waals surface area contributed by atoms with Crippen LogP contribution in [0.15, 0.2) is 72.8 Å². The fraction of sp³-hybridized carbons (Fsp3) is 0.290. The van der Waals surface area contributed by atoms with Gasteiger partial charge in [-0.25, -0.2) is 0 Å². The van der Waals surface area contributed by atoms with Crippen molar-refractivity contribution in [2.24, 2.45) is 0 Å². The minimum atomic E-state index is -4.59. The van der Waals surface area contributed by atoms with Gasteiger partial charge < -0.3 is 26.6 Å². The van der Waals surface area contributed by atoms with Gasteiger partial charge in [0.25, 0.3) is 0 Å². The number of halogens is 4. The maximum atomic E-state index is 13.4. The lowest BCUT2D eigenvalue weighted by Crippen LogP contribution is -2.40. The maximum Gasteiger partial charge on any atom is 0.417 e. The van der Waals surface area contributed by atoms with E-state index in [-0.39, 0.29) is 11.6 Å². The van der Waals surface area contributed by atoms with Gasteiger partial charge in [0, 0.05) is 24.9 Å². The number of nitrogens with zero attached hydrogens (tertiary/aromatic N) is 1. The highest BCUT2D eigenvalue weighted by Crippen LogP contribution is 2.36. The molecule has 0 bridgehead atoms. The van der Waals surface area contributed by atoms with Crippen LogP contribution in [0.3, 0.4) is 0 Å². The Labute approximate surface area is 247 Å². The number of alkyl halides is 3. The van der Waals surface area contributed by atoms with Gasteiger partial charge in [0.05, 0.1) is 22.0 Å². The zero-order valence-electron chi connectivity index (χ0n) is 22.9. The third-order valence-electron chi connectivity index (χ3n) is 6.95. The first kappa shape index (κ1) is 31.1. The molecule has 222 valence electrons. The van der Waals surface area contributed by atoms with Crippen molar-refractivity contribution in [3.8, 4) is 0 Å². The third-order valence-corrected chi connectivity index (χ3v) is 7.26. The van der Waals surface area contributed by atoms with E-state index in [1.165, 1.54) is 18.6 Å². The summed E-state index contributed by atoms with van der Waals surface area (Å²) in [6, 6.07) is 16.4. The van der Waals surface area contributed by atoms with E-state index in [2.05, 4.69) is 20.9 Å². The topological polar surface area (TPSA) is 99.5 Å². The number of carbonyl (C=O) groups is 2. The molecule has 3 aromatic rings. The second-order valence-electron chi connectivity index (χ2n) is 10.0. The van der Waals surface area contributed by atoms with Gasteiger partial charge in [-0.1, -0.05) is 54.4 Å². The molecule has 1 atom stereocenters. The molecule has 0 aromatic heterocycles. The molecule has 1 saturated heterocycles. The number of para-hydroxylation sites is 2. The van der Waals surface area contributed by atoms with Crippen LogP contribution in [0.4, 0.5) is 30.2 Å². The Morgan fingerprint density at radius 2 is 1.69 bits per heavy atom. The highest BCUT2D eigenvalue weighted by Gasteiger charge is 2.33. The molecule has 4 rings (SSSR count). The zero-order chi connectivity index (χ0) is 30.1. The van der Waals surface area contributed by atoms with Crippen molar-refractivity contribution >= 4 is 46.6 Å². The van der Waals surface area contributed by atoms with Gasteiger partial charge in [-0.05, 0) is 73.5 Å². The van der Waals surface area contributed by atoms with Crippen LogP contribution in [0, 0.1) is 0 Å². The molecule has 1 unspecified atom stereocenters. The fourth-order valence-electron chi connectivity index (χ4n) is 4.71. The number of nitrogens with one attached hydrogen (secondary N) is 3. The average Bonchev–Trinajstić information content (AvgIpc) is 2.96. The van der Waals surface area contributed by atoms with Crippen molar-refractivity contribution in [3.63, 3.8) is 0 Å². The van der Waals surface area contributed by atoms with Crippen molar-refractivity contribution in [1.82, 2.24) is 10.2 Å². The van der Waals surface area contributed by atoms with Crippen molar-refractivity contribution in [2.45, 2.75) is 31.5 Å². The quantitative estimate of drug-likeness (QED) is 0.161. The number of nitrogen functional groups attached to an aromatic ring is 1. The molecule has 2 amide bonds. The van der Waals surface area contributed by atoms with Gasteiger partial charge in [0.1, 0.15) is 6.04 Å². The second kappa shape index (κ2) is 14.4. The summed E-state index contributed by atoms with van der Waals surface area (Å²) in [5.74, 6) is -0.781. The average molecular weight is 600 g/mol. The smallest absolute Gasteiger partial charge is 0.397 e. The Balaban J connectivity index is 1.45. The van der Waals surface area contributed by atoms with Crippen molar-refractivity contribution < 1.29 is 22.8 Å². The summed E-state index contributed by atoms with van der Waals surface area (Å²) < 4.78 is 39.3. The lowest BCUT2D eigenvalue weighted by Gasteiger charge is -2.27. The van der Waals surface area contributed by atoms with Crippen molar-refractivity contribution in [3.05, 3.63) is 94.5 Å². The second-order valence-corrected chi connectivity index (χ2v) is 10.5. The van der Waals surface area contributed by atoms with E-state index >= 15 is 0 Å². The Morgan fingerprint density at radius 3 is 2.36 bits per heavy atom. The molecule has 0 spiro atoms. The minimum Gasteiger partial charge on any atom is -0.397 e. The predicted molar refractivity (Wildman–Crippen MR) is 161 cm³/mol. The molecule has 0 saturated carbocycles. The number of rotatable bonds is 10. The summed E-state index contributed by atoms with van der Waals surface area (Å²) in [6.07, 6.45) is 1.93. The summed E-state index contributed by atoms with van der Waals surface area (Å²) in [5.41, 5.74) is 7.42. The Hall–Kier alpha value is -3.86. The van der Waals surface area contributed by atoms with Crippen LogP contribution in [0.5, 0.6) is 0 Å². The third kappa shape index (κ3) is 8.82. The number of likely N-dealkylation sites (tertiary alicyclic amines) is 1. The molecule has 1 aliphatic rings. The SMILES string of the molecule is Nc1ccccc1NC(=O)C=Cc1ccc(C(NCCN2CCCCC2)C(=O)Nc2ccc(C(F)(F)F)c(Cl)c2)cc1. The van der Waals surface area contributed by atoms with E-state index in [4.69, 9.17) is 17.3 Å². The molecular weight excluding hydrogens is 567 g/mol. The number of amides is 2.